The summed E-state index contributed by atoms with van der Waals surface area (Å²) in [6.07, 6.45) is 0.854. The van der Waals surface area contributed by atoms with E-state index >= 15 is 0 Å². The maximum Gasteiger partial charge on any atom is 0.418 e. The van der Waals surface area contributed by atoms with Crippen LogP contribution in [0.2, 0.25) is 0 Å². The average molecular weight is 234 g/mol. The molecule has 0 saturated carbocycles. The second-order valence-electron chi connectivity index (χ2n) is 3.36. The van der Waals surface area contributed by atoms with Gasteiger partial charge in [-0.25, -0.2) is 9.36 Å². The van der Waals surface area contributed by atoms with Gasteiger partial charge in [0.25, 0.3) is 5.69 Å². The van der Waals surface area contributed by atoms with Crippen molar-refractivity contribution < 1.29 is 14.5 Å². The highest BCUT2D eigenvalue weighted by atomic mass is 16.6. The molecule has 0 fully saturated rings. The first kappa shape index (κ1) is 11.1. The molecular weight excluding hydrogens is 224 g/mol. The minimum atomic E-state index is -0.614. The van der Waals surface area contributed by atoms with E-state index in [2.05, 4.69) is 0 Å². The Morgan fingerprint density at radius 3 is 2.88 bits per heavy atom. The van der Waals surface area contributed by atoms with Gasteiger partial charge in [-0.1, -0.05) is 12.1 Å². The molecule has 88 valence electrons. The number of hydrogen-bond acceptors (Lipinski definition) is 4. The largest absolute Gasteiger partial charge is 0.449 e. The van der Waals surface area contributed by atoms with Crippen LogP contribution in [-0.4, -0.2) is 22.2 Å². The molecule has 2 rings (SSSR count). The smallest absolute Gasteiger partial charge is 0.418 e. The van der Waals surface area contributed by atoms with E-state index in [1.807, 2.05) is 0 Å². The fourth-order valence-electron chi connectivity index (χ4n) is 1.67. The van der Waals surface area contributed by atoms with Crippen LogP contribution in [0.3, 0.4) is 0 Å². The van der Waals surface area contributed by atoms with E-state index in [1.54, 1.807) is 25.1 Å². The number of hydrogen-bond donors (Lipinski definition) is 0. The Bertz CT molecular complexity index is 588. The number of nitro benzene ring substituents is 1. The number of benzene rings is 1. The lowest BCUT2D eigenvalue weighted by Crippen LogP contribution is -2.12. The molecule has 0 amide bonds. The first-order valence-corrected chi connectivity index (χ1v) is 5.06. The zero-order chi connectivity index (χ0) is 12.4. The van der Waals surface area contributed by atoms with Crippen LogP contribution in [0.5, 0.6) is 0 Å². The van der Waals surface area contributed by atoms with Crippen LogP contribution >= 0.6 is 0 Å². The molecule has 0 aliphatic heterocycles. The molecule has 0 radical (unpaired) electrons. The fourth-order valence-corrected chi connectivity index (χ4v) is 1.67. The summed E-state index contributed by atoms with van der Waals surface area (Å²) in [4.78, 5) is 22.0. The van der Waals surface area contributed by atoms with Gasteiger partial charge in [-0.3, -0.25) is 10.1 Å². The molecule has 17 heavy (non-hydrogen) atoms. The van der Waals surface area contributed by atoms with Crippen LogP contribution in [0.15, 0.2) is 30.5 Å². The highest BCUT2D eigenvalue weighted by Gasteiger charge is 2.19. The van der Waals surface area contributed by atoms with Gasteiger partial charge in [0.2, 0.25) is 0 Å². The molecule has 0 unspecified atom stereocenters. The molecule has 0 spiro atoms. The third-order valence-electron chi connectivity index (χ3n) is 2.35. The molecular formula is C11H10N2O4. The van der Waals surface area contributed by atoms with Gasteiger partial charge >= 0.3 is 6.09 Å². The first-order chi connectivity index (χ1) is 8.15. The van der Waals surface area contributed by atoms with E-state index in [0.29, 0.717) is 5.39 Å². The molecule has 0 bridgehead atoms. The van der Waals surface area contributed by atoms with Crippen LogP contribution in [-0.2, 0) is 4.74 Å². The second kappa shape index (κ2) is 4.25. The number of nitro groups is 1. The van der Waals surface area contributed by atoms with Gasteiger partial charge in [0.15, 0.2) is 0 Å². The van der Waals surface area contributed by atoms with Crippen molar-refractivity contribution in [2.45, 2.75) is 6.92 Å². The predicted molar refractivity (Wildman–Crippen MR) is 61.0 cm³/mol. The summed E-state index contributed by atoms with van der Waals surface area (Å²) in [6.45, 7) is 1.90. The SMILES string of the molecule is CCOC(=O)n1ccc2cccc([N+](=O)[O-])c21. The molecule has 1 heterocycles. The highest BCUT2D eigenvalue weighted by Crippen LogP contribution is 2.26. The molecule has 6 heteroatoms. The van der Waals surface area contributed by atoms with E-state index < -0.39 is 11.0 Å². The van der Waals surface area contributed by atoms with Crippen molar-refractivity contribution in [1.82, 2.24) is 4.57 Å². The van der Waals surface area contributed by atoms with Crippen LogP contribution in [0.1, 0.15) is 6.92 Å². The summed E-state index contributed by atoms with van der Waals surface area (Å²) in [5, 5.41) is 11.5. The number of para-hydroxylation sites is 1. The number of ether oxygens (including phenoxy) is 1. The minimum Gasteiger partial charge on any atom is -0.449 e. The predicted octanol–water partition coefficient (Wildman–Crippen LogP) is 2.55. The molecule has 0 atom stereocenters. The highest BCUT2D eigenvalue weighted by molar-refractivity contribution is 5.95. The second-order valence-corrected chi connectivity index (χ2v) is 3.36. The molecule has 2 aromatic rings. The molecule has 0 aliphatic rings. The Morgan fingerprint density at radius 2 is 2.24 bits per heavy atom. The normalized spacial score (nSPS) is 10.4. The van der Waals surface area contributed by atoms with Crippen LogP contribution in [0, 0.1) is 10.1 Å². The summed E-state index contributed by atoms with van der Waals surface area (Å²) in [5.74, 6) is 0. The Labute approximate surface area is 96.6 Å². The molecule has 1 aromatic heterocycles. The van der Waals surface area contributed by atoms with Crippen molar-refractivity contribution in [3.05, 3.63) is 40.6 Å². The number of fused-ring (bicyclic) bond motifs is 1. The van der Waals surface area contributed by atoms with Gasteiger partial charge in [0.05, 0.1) is 11.5 Å². The molecule has 0 aliphatic carbocycles. The van der Waals surface area contributed by atoms with Gasteiger partial charge < -0.3 is 4.74 Å². The van der Waals surface area contributed by atoms with E-state index in [0.717, 1.165) is 4.57 Å². The van der Waals surface area contributed by atoms with Crippen LogP contribution in [0.25, 0.3) is 10.9 Å². The number of aromatic nitrogens is 1. The lowest BCUT2D eigenvalue weighted by atomic mass is 10.2. The maximum absolute atomic E-state index is 11.6. The van der Waals surface area contributed by atoms with Gasteiger partial charge in [0, 0.05) is 17.6 Å². The lowest BCUT2D eigenvalue weighted by molar-refractivity contribution is -0.383. The average Bonchev–Trinajstić information content (AvgIpc) is 2.72. The van der Waals surface area contributed by atoms with Crippen LogP contribution in [0.4, 0.5) is 10.5 Å². The van der Waals surface area contributed by atoms with Gasteiger partial charge in [-0.05, 0) is 13.0 Å². The monoisotopic (exact) mass is 234 g/mol. The molecule has 1 aromatic carbocycles. The summed E-state index contributed by atoms with van der Waals surface area (Å²) in [5.41, 5.74) is 0.150. The maximum atomic E-state index is 11.6. The Balaban J connectivity index is 2.65. The summed E-state index contributed by atoms with van der Waals surface area (Å²) >= 11 is 0. The number of carbonyl (C=O) groups excluding carboxylic acids is 1. The lowest BCUT2D eigenvalue weighted by Gasteiger charge is -2.04. The zero-order valence-corrected chi connectivity index (χ0v) is 9.12. The van der Waals surface area contributed by atoms with E-state index in [4.69, 9.17) is 4.74 Å². The zero-order valence-electron chi connectivity index (χ0n) is 9.12. The van der Waals surface area contributed by atoms with Crippen LogP contribution < -0.4 is 0 Å². The Kier molecular flexibility index (Phi) is 2.78. The molecule has 6 nitrogen and oxygen atoms in total. The van der Waals surface area contributed by atoms with E-state index in [1.165, 1.54) is 12.3 Å². The van der Waals surface area contributed by atoms with Crippen molar-refractivity contribution in [2.24, 2.45) is 0 Å². The van der Waals surface area contributed by atoms with Gasteiger partial charge in [0.1, 0.15) is 5.52 Å². The van der Waals surface area contributed by atoms with Crippen molar-refractivity contribution in [3.8, 4) is 0 Å². The molecule has 0 saturated heterocycles. The fraction of sp³-hybridized carbons (Fsp3) is 0.182. The van der Waals surface area contributed by atoms with Gasteiger partial charge in [-0.2, -0.15) is 0 Å². The third-order valence-corrected chi connectivity index (χ3v) is 2.35. The Morgan fingerprint density at radius 1 is 1.47 bits per heavy atom. The van der Waals surface area contributed by atoms with Crippen molar-refractivity contribution in [3.63, 3.8) is 0 Å². The topological polar surface area (TPSA) is 74.4 Å². The summed E-state index contributed by atoms with van der Waals surface area (Å²) in [6, 6.07) is 6.28. The third kappa shape index (κ3) is 1.84. The molecule has 0 N–H and O–H groups in total. The summed E-state index contributed by atoms with van der Waals surface area (Å²) < 4.78 is 5.98. The quantitative estimate of drug-likeness (QED) is 0.591. The van der Waals surface area contributed by atoms with Crippen molar-refractivity contribution >= 4 is 22.7 Å². The first-order valence-electron chi connectivity index (χ1n) is 5.06. The van der Waals surface area contributed by atoms with E-state index in [-0.39, 0.29) is 17.8 Å². The number of non-ortho nitro benzene ring substituents is 1. The van der Waals surface area contributed by atoms with Crippen molar-refractivity contribution in [2.75, 3.05) is 6.61 Å². The number of carbonyl (C=O) groups is 1. The van der Waals surface area contributed by atoms with Gasteiger partial charge in [-0.15, -0.1) is 0 Å². The minimum absolute atomic E-state index is 0.111. The van der Waals surface area contributed by atoms with Crippen molar-refractivity contribution in [1.29, 1.82) is 0 Å². The number of nitrogens with zero attached hydrogens (tertiary/aromatic N) is 2. The van der Waals surface area contributed by atoms with E-state index in [9.17, 15) is 14.9 Å². The standard InChI is InChI=1S/C11H10N2O4/c1-2-17-11(14)12-7-6-8-4-3-5-9(10(8)12)13(15)16/h3-7H,2H2,1H3. The Hall–Kier alpha value is -2.37. The number of rotatable bonds is 2. The summed E-state index contributed by atoms with van der Waals surface area (Å²) in [7, 11) is 0.